The molecule has 2 aromatic carbocycles. The minimum atomic E-state index is 1.08. The third-order valence-electron chi connectivity index (χ3n) is 2.03. The lowest BCUT2D eigenvalue weighted by Crippen LogP contribution is -1.77. The Balaban J connectivity index is 2.48. The van der Waals surface area contributed by atoms with E-state index in [9.17, 15) is 0 Å². The van der Waals surface area contributed by atoms with E-state index in [1.807, 2.05) is 24.3 Å². The van der Waals surface area contributed by atoms with Crippen LogP contribution in [0.1, 0.15) is 0 Å². The molecule has 0 saturated carbocycles. The highest BCUT2D eigenvalue weighted by atomic mass is 79.9. The second-order valence-corrected chi connectivity index (χ2v) is 4.70. The van der Waals surface area contributed by atoms with E-state index in [-0.39, 0.29) is 0 Å². The molecule has 14 heavy (non-hydrogen) atoms. The molecule has 0 heterocycles. The fraction of sp³-hybridized carbons (Fsp3) is 0. The topological polar surface area (TPSA) is 0 Å². The lowest BCUT2D eigenvalue weighted by Gasteiger charge is -2.03. The van der Waals surface area contributed by atoms with Crippen LogP contribution in [0.15, 0.2) is 57.5 Å². The molecule has 2 aromatic rings. The summed E-state index contributed by atoms with van der Waals surface area (Å²) in [5.41, 5.74) is 2.46. The van der Waals surface area contributed by atoms with Crippen molar-refractivity contribution in [3.8, 4) is 11.1 Å². The van der Waals surface area contributed by atoms with E-state index < -0.39 is 0 Å². The van der Waals surface area contributed by atoms with Gasteiger partial charge in [0, 0.05) is 8.95 Å². The number of hydrogen-bond acceptors (Lipinski definition) is 0. The monoisotopic (exact) mass is 310 g/mol. The van der Waals surface area contributed by atoms with Gasteiger partial charge in [0.2, 0.25) is 0 Å². The van der Waals surface area contributed by atoms with E-state index in [2.05, 4.69) is 56.1 Å². The summed E-state index contributed by atoms with van der Waals surface area (Å²) in [4.78, 5) is 0. The summed E-state index contributed by atoms with van der Waals surface area (Å²) >= 11 is 6.95. The molecule has 0 radical (unpaired) electrons. The van der Waals surface area contributed by atoms with Gasteiger partial charge >= 0.3 is 0 Å². The Hall–Kier alpha value is -0.600. The Kier molecular flexibility index (Phi) is 3.04. The van der Waals surface area contributed by atoms with Gasteiger partial charge in [-0.25, -0.2) is 0 Å². The third kappa shape index (κ3) is 2.07. The molecule has 0 bridgehead atoms. The molecule has 0 amide bonds. The summed E-state index contributed by atoms with van der Waals surface area (Å²) in [7, 11) is 0. The maximum absolute atomic E-state index is 3.50. The first-order valence-corrected chi connectivity index (χ1v) is 5.86. The zero-order valence-corrected chi connectivity index (χ0v) is 10.5. The summed E-state index contributed by atoms with van der Waals surface area (Å²) in [6.07, 6.45) is 0. The van der Waals surface area contributed by atoms with Crippen LogP contribution in [0.5, 0.6) is 0 Å². The molecular formula is C12H8Br2. The van der Waals surface area contributed by atoms with Crippen molar-refractivity contribution in [1.82, 2.24) is 0 Å². The smallest absolute Gasteiger partial charge is 0.0323 e. The highest BCUT2D eigenvalue weighted by molar-refractivity contribution is 9.13. The van der Waals surface area contributed by atoms with Crippen LogP contribution in [-0.2, 0) is 0 Å². The third-order valence-corrected chi connectivity index (χ3v) is 3.91. The van der Waals surface area contributed by atoms with Gasteiger partial charge in [-0.05, 0) is 55.1 Å². The van der Waals surface area contributed by atoms with Crippen LogP contribution in [0.2, 0.25) is 0 Å². The predicted molar refractivity (Wildman–Crippen MR) is 67.3 cm³/mol. The fourth-order valence-electron chi connectivity index (χ4n) is 1.31. The number of halogens is 2. The van der Waals surface area contributed by atoms with Gasteiger partial charge in [-0.2, -0.15) is 0 Å². The van der Waals surface area contributed by atoms with Crippen LogP contribution in [0.4, 0.5) is 0 Å². The van der Waals surface area contributed by atoms with Crippen molar-refractivity contribution in [3.05, 3.63) is 57.5 Å². The number of benzene rings is 2. The van der Waals surface area contributed by atoms with Crippen LogP contribution in [-0.4, -0.2) is 0 Å². The average Bonchev–Trinajstić information content (AvgIpc) is 2.23. The van der Waals surface area contributed by atoms with Crippen molar-refractivity contribution < 1.29 is 0 Å². The molecular weight excluding hydrogens is 304 g/mol. The molecule has 0 fully saturated rings. The van der Waals surface area contributed by atoms with E-state index in [0.717, 1.165) is 8.95 Å². The van der Waals surface area contributed by atoms with Gasteiger partial charge in [-0.15, -0.1) is 0 Å². The summed E-state index contributed by atoms with van der Waals surface area (Å²) in [5, 5.41) is 0. The zero-order chi connectivity index (χ0) is 9.97. The van der Waals surface area contributed by atoms with Crippen molar-refractivity contribution >= 4 is 31.9 Å². The van der Waals surface area contributed by atoms with Gasteiger partial charge in [-0.3, -0.25) is 0 Å². The largest absolute Gasteiger partial charge is 0.0622 e. The molecule has 2 heteroatoms. The van der Waals surface area contributed by atoms with Gasteiger partial charge in [-0.1, -0.05) is 36.4 Å². The number of rotatable bonds is 1. The molecule has 0 saturated heterocycles. The van der Waals surface area contributed by atoms with Crippen molar-refractivity contribution in [1.29, 1.82) is 0 Å². The van der Waals surface area contributed by atoms with Gasteiger partial charge < -0.3 is 0 Å². The maximum Gasteiger partial charge on any atom is 0.0323 e. The van der Waals surface area contributed by atoms with Crippen molar-refractivity contribution in [2.45, 2.75) is 0 Å². The van der Waals surface area contributed by atoms with Crippen LogP contribution in [0.25, 0.3) is 11.1 Å². The summed E-state index contributed by atoms with van der Waals surface area (Å²) in [5.74, 6) is 0. The summed E-state index contributed by atoms with van der Waals surface area (Å²) in [6.45, 7) is 0. The quantitative estimate of drug-likeness (QED) is 0.704. The van der Waals surface area contributed by atoms with Crippen molar-refractivity contribution in [2.24, 2.45) is 0 Å². The Bertz CT molecular complexity index is 435. The molecule has 0 spiro atoms. The van der Waals surface area contributed by atoms with E-state index in [1.54, 1.807) is 0 Å². The second kappa shape index (κ2) is 4.28. The summed E-state index contributed by atoms with van der Waals surface area (Å²) in [6, 6.07) is 16.6. The zero-order valence-electron chi connectivity index (χ0n) is 7.37. The molecule has 0 unspecified atom stereocenters. The SMILES string of the molecule is Brc1ccc(-c2ccccc2)cc1Br. The molecule has 0 aromatic heterocycles. The standard InChI is InChI=1S/C12H8Br2/c13-11-7-6-10(8-12(11)14)9-4-2-1-3-5-9/h1-8H. The van der Waals surface area contributed by atoms with Crippen molar-refractivity contribution in [2.75, 3.05) is 0 Å². The highest BCUT2D eigenvalue weighted by Gasteiger charge is 1.99. The highest BCUT2D eigenvalue weighted by Crippen LogP contribution is 2.28. The first kappa shape index (κ1) is 9.94. The minimum Gasteiger partial charge on any atom is -0.0622 e. The average molecular weight is 312 g/mol. The minimum absolute atomic E-state index is 1.08. The normalized spacial score (nSPS) is 10.1. The lowest BCUT2D eigenvalue weighted by molar-refractivity contribution is 1.56. The number of hydrogen-bond donors (Lipinski definition) is 0. The van der Waals surface area contributed by atoms with Gasteiger partial charge in [0.15, 0.2) is 0 Å². The lowest BCUT2D eigenvalue weighted by atomic mass is 10.1. The molecule has 2 rings (SSSR count). The summed E-state index contributed by atoms with van der Waals surface area (Å²) < 4.78 is 2.16. The molecule has 0 N–H and O–H groups in total. The van der Waals surface area contributed by atoms with Gasteiger partial charge in [0.25, 0.3) is 0 Å². The Morgan fingerprint density at radius 2 is 1.36 bits per heavy atom. The molecule has 70 valence electrons. The van der Waals surface area contributed by atoms with E-state index in [0.29, 0.717) is 0 Å². The van der Waals surface area contributed by atoms with E-state index in [4.69, 9.17) is 0 Å². The molecule has 0 nitrogen and oxygen atoms in total. The maximum atomic E-state index is 3.50. The first-order chi connectivity index (χ1) is 6.77. The van der Waals surface area contributed by atoms with E-state index in [1.165, 1.54) is 11.1 Å². The van der Waals surface area contributed by atoms with Crippen LogP contribution < -0.4 is 0 Å². The molecule has 0 aliphatic heterocycles. The second-order valence-electron chi connectivity index (χ2n) is 2.99. The van der Waals surface area contributed by atoms with E-state index >= 15 is 0 Å². The molecule has 0 atom stereocenters. The van der Waals surface area contributed by atoms with Crippen molar-refractivity contribution in [3.63, 3.8) is 0 Å². The Morgan fingerprint density at radius 1 is 0.643 bits per heavy atom. The fourth-order valence-corrected chi connectivity index (χ4v) is 1.93. The van der Waals surface area contributed by atoms with Gasteiger partial charge in [0.1, 0.15) is 0 Å². The predicted octanol–water partition coefficient (Wildman–Crippen LogP) is 4.88. The van der Waals surface area contributed by atoms with Crippen LogP contribution in [0.3, 0.4) is 0 Å². The molecule has 0 aliphatic carbocycles. The van der Waals surface area contributed by atoms with Crippen LogP contribution >= 0.6 is 31.9 Å². The van der Waals surface area contributed by atoms with Crippen LogP contribution in [0, 0.1) is 0 Å². The first-order valence-electron chi connectivity index (χ1n) is 4.28. The Labute approximate surface area is 100 Å². The van der Waals surface area contributed by atoms with Gasteiger partial charge in [0.05, 0.1) is 0 Å². The molecule has 0 aliphatic rings. The Morgan fingerprint density at radius 3 is 2.00 bits per heavy atom.